The molecule has 0 aliphatic rings. The zero-order chi connectivity index (χ0) is 21.8. The van der Waals surface area contributed by atoms with E-state index >= 15 is 0 Å². The summed E-state index contributed by atoms with van der Waals surface area (Å²) in [7, 11) is -4.31. The van der Waals surface area contributed by atoms with Crippen LogP contribution in [-0.4, -0.2) is 29.4 Å². The predicted octanol–water partition coefficient (Wildman–Crippen LogP) is 4.11. The van der Waals surface area contributed by atoms with Crippen LogP contribution < -0.4 is 29.6 Å². The van der Waals surface area contributed by atoms with Gasteiger partial charge in [0.15, 0.2) is 0 Å². The Kier molecular flexibility index (Phi) is 25.4. The number of unbranched alkanes of at least 4 members (excludes halogenated alkanes) is 15. The van der Waals surface area contributed by atoms with Gasteiger partial charge in [-0.15, -0.1) is 0 Å². The SMILES string of the molecule is CCCCCCCCCCCCCCCC(O)CC(CCCCCC)S(=O)(=O)[O-].[Na+]. The Balaban J connectivity index is 0. The smallest absolute Gasteiger partial charge is 0.748 e. The molecule has 0 saturated heterocycles. The number of aliphatic hydroxyl groups is 1. The number of rotatable bonds is 22. The first-order valence-electron chi connectivity index (χ1n) is 12.5. The van der Waals surface area contributed by atoms with Crippen molar-refractivity contribution in [2.75, 3.05) is 0 Å². The molecule has 0 fully saturated rings. The summed E-state index contributed by atoms with van der Waals surface area (Å²) < 4.78 is 34.4. The molecular weight excluding hydrogens is 407 g/mol. The standard InChI is InChI=1S/C24H50O4S.Na/c1-3-5-7-9-10-11-12-13-14-15-16-17-18-20-23(25)22-24(29(26,27)28)21-19-8-6-4-2;/h23-25H,3-22H2,1-2H3,(H,26,27,28);/q;+1/p-1. The van der Waals surface area contributed by atoms with Crippen LogP contribution in [-0.2, 0) is 10.1 Å². The van der Waals surface area contributed by atoms with Gasteiger partial charge in [0.05, 0.1) is 21.5 Å². The summed E-state index contributed by atoms with van der Waals surface area (Å²) in [6.07, 6.45) is 20.9. The molecule has 30 heavy (non-hydrogen) atoms. The van der Waals surface area contributed by atoms with Gasteiger partial charge in [-0.3, -0.25) is 0 Å². The topological polar surface area (TPSA) is 77.4 Å². The van der Waals surface area contributed by atoms with Crippen molar-refractivity contribution in [3.05, 3.63) is 0 Å². The van der Waals surface area contributed by atoms with E-state index in [0.29, 0.717) is 12.8 Å². The molecule has 4 nitrogen and oxygen atoms in total. The molecule has 0 bridgehead atoms. The Morgan fingerprint density at radius 1 is 0.633 bits per heavy atom. The van der Waals surface area contributed by atoms with E-state index in [1.54, 1.807) is 0 Å². The molecule has 0 amide bonds. The van der Waals surface area contributed by atoms with Crippen molar-refractivity contribution >= 4 is 10.1 Å². The summed E-state index contributed by atoms with van der Waals surface area (Å²) >= 11 is 0. The number of hydrogen-bond acceptors (Lipinski definition) is 4. The Labute approximate surface area is 210 Å². The van der Waals surface area contributed by atoms with Crippen LogP contribution in [0.25, 0.3) is 0 Å². The zero-order valence-corrected chi connectivity index (χ0v) is 23.2. The fourth-order valence-corrected chi connectivity index (χ4v) is 4.91. The molecule has 6 heteroatoms. The Bertz CT molecular complexity index is 442. The van der Waals surface area contributed by atoms with E-state index < -0.39 is 21.5 Å². The van der Waals surface area contributed by atoms with Gasteiger partial charge in [0.1, 0.15) is 0 Å². The molecule has 0 radical (unpaired) electrons. The summed E-state index contributed by atoms with van der Waals surface area (Å²) in [6, 6.07) is 0. The molecule has 0 aromatic carbocycles. The molecule has 0 spiro atoms. The minimum Gasteiger partial charge on any atom is -0.748 e. The van der Waals surface area contributed by atoms with Crippen molar-refractivity contribution in [1.82, 2.24) is 0 Å². The van der Waals surface area contributed by atoms with Gasteiger partial charge < -0.3 is 9.66 Å². The van der Waals surface area contributed by atoms with Crippen LogP contribution in [0.1, 0.15) is 142 Å². The van der Waals surface area contributed by atoms with Gasteiger partial charge >= 0.3 is 29.6 Å². The Hall–Kier alpha value is 0.870. The molecular formula is C24H49NaO4S. The number of aliphatic hydroxyl groups excluding tert-OH is 1. The van der Waals surface area contributed by atoms with Gasteiger partial charge in [-0.2, -0.15) is 0 Å². The van der Waals surface area contributed by atoms with Crippen LogP contribution in [0.2, 0.25) is 0 Å². The maximum atomic E-state index is 11.5. The molecule has 0 rings (SSSR count). The van der Waals surface area contributed by atoms with E-state index in [1.165, 1.54) is 70.6 Å². The van der Waals surface area contributed by atoms with Crippen LogP contribution >= 0.6 is 0 Å². The van der Waals surface area contributed by atoms with Gasteiger partial charge in [-0.05, 0) is 19.3 Å². The van der Waals surface area contributed by atoms with E-state index in [-0.39, 0.29) is 36.0 Å². The molecule has 2 atom stereocenters. The van der Waals surface area contributed by atoms with Gasteiger partial charge in [-0.1, -0.05) is 123 Å². The van der Waals surface area contributed by atoms with Crippen molar-refractivity contribution in [3.63, 3.8) is 0 Å². The third kappa shape index (κ3) is 22.1. The van der Waals surface area contributed by atoms with E-state index in [2.05, 4.69) is 13.8 Å². The third-order valence-corrected chi connectivity index (χ3v) is 7.21. The normalized spacial score (nSPS) is 13.7. The second-order valence-corrected chi connectivity index (χ2v) is 10.5. The van der Waals surface area contributed by atoms with Gasteiger partial charge in [0.25, 0.3) is 0 Å². The van der Waals surface area contributed by atoms with Crippen LogP contribution in [0.4, 0.5) is 0 Å². The first-order chi connectivity index (χ1) is 13.9. The molecule has 176 valence electrons. The minimum absolute atomic E-state index is 0. The predicted molar refractivity (Wildman–Crippen MR) is 123 cm³/mol. The average Bonchev–Trinajstić information content (AvgIpc) is 2.67. The Morgan fingerprint density at radius 3 is 1.37 bits per heavy atom. The van der Waals surface area contributed by atoms with Crippen LogP contribution in [0.3, 0.4) is 0 Å². The second kappa shape index (κ2) is 23.0. The molecule has 0 aromatic heterocycles. The van der Waals surface area contributed by atoms with E-state index in [4.69, 9.17) is 0 Å². The van der Waals surface area contributed by atoms with E-state index in [9.17, 15) is 18.1 Å². The van der Waals surface area contributed by atoms with Crippen LogP contribution in [0.5, 0.6) is 0 Å². The molecule has 0 heterocycles. The molecule has 1 N–H and O–H groups in total. The monoisotopic (exact) mass is 456 g/mol. The average molecular weight is 457 g/mol. The van der Waals surface area contributed by atoms with Gasteiger partial charge in [-0.25, -0.2) is 8.42 Å². The molecule has 0 aliphatic heterocycles. The second-order valence-electron chi connectivity index (χ2n) is 8.88. The molecule has 0 aromatic rings. The quantitative estimate of drug-likeness (QED) is 0.151. The summed E-state index contributed by atoms with van der Waals surface area (Å²) in [4.78, 5) is 0. The first kappa shape index (κ1) is 33.0. The van der Waals surface area contributed by atoms with Crippen molar-refractivity contribution in [2.45, 2.75) is 154 Å². The van der Waals surface area contributed by atoms with Gasteiger partial charge in [0.2, 0.25) is 0 Å². The molecule has 2 unspecified atom stereocenters. The maximum Gasteiger partial charge on any atom is 1.00 e. The summed E-state index contributed by atoms with van der Waals surface area (Å²) in [5.74, 6) is 0. The minimum atomic E-state index is -4.31. The summed E-state index contributed by atoms with van der Waals surface area (Å²) in [6.45, 7) is 4.35. The molecule has 0 saturated carbocycles. The van der Waals surface area contributed by atoms with Crippen LogP contribution in [0, 0.1) is 0 Å². The van der Waals surface area contributed by atoms with Crippen molar-refractivity contribution in [1.29, 1.82) is 0 Å². The maximum absolute atomic E-state index is 11.5. The molecule has 0 aliphatic carbocycles. The largest absolute Gasteiger partial charge is 1.00 e. The summed E-state index contributed by atoms with van der Waals surface area (Å²) in [5, 5.41) is 9.24. The van der Waals surface area contributed by atoms with Crippen molar-refractivity contribution in [2.24, 2.45) is 0 Å². The Morgan fingerprint density at radius 2 is 0.967 bits per heavy atom. The zero-order valence-electron chi connectivity index (χ0n) is 20.4. The van der Waals surface area contributed by atoms with E-state index in [1.807, 2.05) is 0 Å². The fourth-order valence-electron chi connectivity index (χ4n) is 4.00. The van der Waals surface area contributed by atoms with Crippen molar-refractivity contribution < 1.29 is 47.6 Å². The van der Waals surface area contributed by atoms with Crippen LogP contribution in [0.15, 0.2) is 0 Å². The summed E-state index contributed by atoms with van der Waals surface area (Å²) in [5.41, 5.74) is 0. The first-order valence-corrected chi connectivity index (χ1v) is 14.0. The van der Waals surface area contributed by atoms with E-state index in [0.717, 1.165) is 38.5 Å². The van der Waals surface area contributed by atoms with Gasteiger partial charge in [0, 0.05) is 0 Å². The fraction of sp³-hybridized carbons (Fsp3) is 1.00. The number of hydrogen-bond donors (Lipinski definition) is 1. The van der Waals surface area contributed by atoms with Crippen molar-refractivity contribution in [3.8, 4) is 0 Å². The third-order valence-electron chi connectivity index (χ3n) is 5.96.